The van der Waals surface area contributed by atoms with Crippen molar-refractivity contribution in [3.63, 3.8) is 0 Å². The minimum absolute atomic E-state index is 0.238. The molecule has 0 N–H and O–H groups in total. The third-order valence-electron chi connectivity index (χ3n) is 4.20. The Balaban J connectivity index is 2.42. The molecule has 2 atom stereocenters. The lowest BCUT2D eigenvalue weighted by Crippen LogP contribution is -2.37. The molecule has 0 aliphatic heterocycles. The topological polar surface area (TPSA) is 60.4 Å². The Bertz CT molecular complexity index is 867. The molecule has 0 saturated heterocycles. The average molecular weight is 387 g/mol. The van der Waals surface area contributed by atoms with Crippen molar-refractivity contribution in [3.05, 3.63) is 77.9 Å². The Morgan fingerprint density at radius 2 is 1.52 bits per heavy atom. The maximum Gasteiger partial charge on any atom is 0.303 e. The van der Waals surface area contributed by atoms with E-state index in [-0.39, 0.29) is 4.90 Å². The van der Waals surface area contributed by atoms with Gasteiger partial charge in [-0.3, -0.25) is 4.79 Å². The predicted molar refractivity (Wildman–Crippen MR) is 107 cm³/mol. The largest absolute Gasteiger partial charge is 0.457 e. The van der Waals surface area contributed by atoms with Gasteiger partial charge >= 0.3 is 5.97 Å². The monoisotopic (exact) mass is 386 g/mol. The number of esters is 1. The Hall–Kier alpha value is -2.40. The molecule has 5 heteroatoms. The number of carbonyl (C=O) groups excluding carboxylic acids is 1. The van der Waals surface area contributed by atoms with Gasteiger partial charge in [-0.2, -0.15) is 0 Å². The lowest BCUT2D eigenvalue weighted by atomic mass is 10.0. The first kappa shape index (κ1) is 20.9. The van der Waals surface area contributed by atoms with Crippen LogP contribution in [0.15, 0.2) is 77.2 Å². The average Bonchev–Trinajstić information content (AvgIpc) is 2.62. The van der Waals surface area contributed by atoms with Gasteiger partial charge in [-0.05, 0) is 50.5 Å². The standard InChI is InChI=1S/C22H26O4S/c1-17(2)16-21(26-18(3)23)22(15-14-19-10-6-4-7-11-19)27(24,25)20-12-8-5-9-13-20/h4-13,16,21-22H,14-15H2,1-3H3. The minimum atomic E-state index is -3.68. The summed E-state index contributed by atoms with van der Waals surface area (Å²) in [6.45, 7) is 5.02. The van der Waals surface area contributed by atoms with Crippen LogP contribution in [-0.2, 0) is 25.8 Å². The van der Waals surface area contributed by atoms with E-state index in [0.29, 0.717) is 12.8 Å². The Labute approximate surface area is 161 Å². The molecule has 0 amide bonds. The fourth-order valence-electron chi connectivity index (χ4n) is 2.97. The van der Waals surface area contributed by atoms with Crippen molar-refractivity contribution in [2.45, 2.75) is 49.9 Å². The summed E-state index contributed by atoms with van der Waals surface area (Å²) < 4.78 is 32.1. The third-order valence-corrected chi connectivity index (χ3v) is 6.43. The molecule has 2 aromatic rings. The molecule has 4 nitrogen and oxygen atoms in total. The van der Waals surface area contributed by atoms with Crippen molar-refractivity contribution in [1.29, 1.82) is 0 Å². The van der Waals surface area contributed by atoms with Crippen LogP contribution >= 0.6 is 0 Å². The summed E-state index contributed by atoms with van der Waals surface area (Å²) in [7, 11) is -3.68. The van der Waals surface area contributed by atoms with Crippen LogP contribution in [0.2, 0.25) is 0 Å². The molecule has 0 aromatic heterocycles. The molecule has 0 fully saturated rings. The summed E-state index contributed by atoms with van der Waals surface area (Å²) in [5.41, 5.74) is 1.94. The number of benzene rings is 2. The molecule has 0 saturated carbocycles. The van der Waals surface area contributed by atoms with E-state index in [1.165, 1.54) is 6.92 Å². The van der Waals surface area contributed by atoms with E-state index >= 15 is 0 Å². The van der Waals surface area contributed by atoms with Gasteiger partial charge < -0.3 is 4.74 Å². The van der Waals surface area contributed by atoms with Crippen LogP contribution in [0, 0.1) is 0 Å². The highest BCUT2D eigenvalue weighted by molar-refractivity contribution is 7.92. The summed E-state index contributed by atoms with van der Waals surface area (Å²) in [6.07, 6.45) is 1.81. The Morgan fingerprint density at radius 3 is 2.04 bits per heavy atom. The fourth-order valence-corrected chi connectivity index (χ4v) is 4.77. The molecule has 0 heterocycles. The van der Waals surface area contributed by atoms with Crippen LogP contribution in [0.1, 0.15) is 32.8 Å². The normalized spacial score (nSPS) is 13.4. The van der Waals surface area contributed by atoms with E-state index in [4.69, 9.17) is 4.74 Å². The first-order valence-electron chi connectivity index (χ1n) is 8.96. The zero-order valence-corrected chi connectivity index (χ0v) is 16.8. The molecule has 0 aliphatic rings. The number of ether oxygens (including phenoxy) is 1. The maximum absolute atomic E-state index is 13.3. The molecule has 0 radical (unpaired) electrons. The number of allylic oxidation sites excluding steroid dienone is 1. The van der Waals surface area contributed by atoms with E-state index in [1.54, 1.807) is 36.4 Å². The van der Waals surface area contributed by atoms with Gasteiger partial charge in [0.2, 0.25) is 0 Å². The molecule has 2 unspecified atom stereocenters. The number of aryl methyl sites for hydroxylation is 1. The van der Waals surface area contributed by atoms with E-state index < -0.39 is 27.2 Å². The summed E-state index contributed by atoms with van der Waals surface area (Å²) in [6, 6.07) is 18.0. The number of hydrogen-bond acceptors (Lipinski definition) is 4. The molecule has 0 spiro atoms. The van der Waals surface area contributed by atoms with Crippen LogP contribution in [0.4, 0.5) is 0 Å². The smallest absolute Gasteiger partial charge is 0.303 e. The van der Waals surface area contributed by atoms with Crippen LogP contribution < -0.4 is 0 Å². The van der Waals surface area contributed by atoms with Gasteiger partial charge in [0.25, 0.3) is 0 Å². The van der Waals surface area contributed by atoms with Crippen molar-refractivity contribution < 1.29 is 17.9 Å². The van der Waals surface area contributed by atoms with Gasteiger partial charge in [0, 0.05) is 6.92 Å². The van der Waals surface area contributed by atoms with E-state index in [1.807, 2.05) is 44.2 Å². The van der Waals surface area contributed by atoms with Crippen molar-refractivity contribution >= 4 is 15.8 Å². The predicted octanol–water partition coefficient (Wildman–Crippen LogP) is 4.36. The third kappa shape index (κ3) is 6.07. The zero-order valence-electron chi connectivity index (χ0n) is 16.0. The molecule has 2 rings (SSSR count). The Morgan fingerprint density at radius 1 is 0.963 bits per heavy atom. The van der Waals surface area contributed by atoms with Crippen molar-refractivity contribution in [3.8, 4) is 0 Å². The second-order valence-corrected chi connectivity index (χ2v) is 8.91. The molecule has 0 aliphatic carbocycles. The first-order valence-corrected chi connectivity index (χ1v) is 10.5. The van der Waals surface area contributed by atoms with Gasteiger partial charge in [-0.1, -0.05) is 54.1 Å². The summed E-state index contributed by atoms with van der Waals surface area (Å²) in [5.74, 6) is -0.495. The van der Waals surface area contributed by atoms with Gasteiger partial charge in [-0.15, -0.1) is 0 Å². The quantitative estimate of drug-likeness (QED) is 0.500. The van der Waals surface area contributed by atoms with Gasteiger partial charge in [0.1, 0.15) is 11.4 Å². The number of rotatable bonds is 8. The molecule has 27 heavy (non-hydrogen) atoms. The molecule has 2 aromatic carbocycles. The summed E-state index contributed by atoms with van der Waals surface area (Å²) in [5, 5.41) is -0.862. The SMILES string of the molecule is CC(=O)OC(C=C(C)C)C(CCc1ccccc1)S(=O)(=O)c1ccccc1. The number of hydrogen-bond donors (Lipinski definition) is 0. The highest BCUT2D eigenvalue weighted by atomic mass is 32.2. The van der Waals surface area contributed by atoms with Gasteiger partial charge in [0.15, 0.2) is 9.84 Å². The summed E-state index contributed by atoms with van der Waals surface area (Å²) >= 11 is 0. The molecule has 0 bridgehead atoms. The maximum atomic E-state index is 13.3. The first-order chi connectivity index (χ1) is 12.8. The molecular weight excluding hydrogens is 360 g/mol. The van der Waals surface area contributed by atoms with Gasteiger partial charge in [0.05, 0.1) is 4.90 Å². The fraction of sp³-hybridized carbons (Fsp3) is 0.318. The zero-order chi connectivity index (χ0) is 19.9. The molecular formula is C22H26O4S. The van der Waals surface area contributed by atoms with Crippen LogP contribution in [0.3, 0.4) is 0 Å². The Kier molecular flexibility index (Phi) is 7.36. The minimum Gasteiger partial charge on any atom is -0.457 e. The van der Waals surface area contributed by atoms with E-state index in [2.05, 4.69) is 0 Å². The lowest BCUT2D eigenvalue weighted by molar-refractivity contribution is -0.144. The van der Waals surface area contributed by atoms with E-state index in [0.717, 1.165) is 11.1 Å². The van der Waals surface area contributed by atoms with Crippen LogP contribution in [-0.4, -0.2) is 25.7 Å². The number of sulfone groups is 1. The van der Waals surface area contributed by atoms with Crippen LogP contribution in [0.5, 0.6) is 0 Å². The highest BCUT2D eigenvalue weighted by Crippen LogP contribution is 2.25. The van der Waals surface area contributed by atoms with Crippen molar-refractivity contribution in [2.75, 3.05) is 0 Å². The second kappa shape index (κ2) is 9.51. The van der Waals surface area contributed by atoms with Crippen molar-refractivity contribution in [1.82, 2.24) is 0 Å². The second-order valence-electron chi connectivity index (χ2n) is 6.74. The summed E-state index contributed by atoms with van der Waals surface area (Å²) in [4.78, 5) is 11.9. The van der Waals surface area contributed by atoms with Gasteiger partial charge in [-0.25, -0.2) is 8.42 Å². The number of carbonyl (C=O) groups is 1. The highest BCUT2D eigenvalue weighted by Gasteiger charge is 2.35. The molecule has 144 valence electrons. The van der Waals surface area contributed by atoms with Crippen molar-refractivity contribution in [2.24, 2.45) is 0 Å². The lowest BCUT2D eigenvalue weighted by Gasteiger charge is -2.25. The van der Waals surface area contributed by atoms with Crippen LogP contribution in [0.25, 0.3) is 0 Å². The van der Waals surface area contributed by atoms with E-state index in [9.17, 15) is 13.2 Å².